The van der Waals surface area contributed by atoms with Gasteiger partial charge in [0.25, 0.3) is 6.43 Å². The zero-order valence-electron chi connectivity index (χ0n) is 6.96. The molecule has 0 rings (SSSR count). The molecule has 2 amide bonds. The zero-order valence-corrected chi connectivity index (χ0v) is 6.96. The number of carboxylic acid groups (broad SMARTS) is 1. The first kappa shape index (κ1) is 11.6. The Morgan fingerprint density at radius 1 is 1.54 bits per heavy atom. The Hall–Kier alpha value is -1.40. The number of aliphatic carboxylic acids is 1. The summed E-state index contributed by atoms with van der Waals surface area (Å²) in [6.07, 6.45) is -2.62. The van der Waals surface area contributed by atoms with Gasteiger partial charge in [0, 0.05) is 7.05 Å². The van der Waals surface area contributed by atoms with Crippen molar-refractivity contribution in [1.82, 2.24) is 10.2 Å². The Kier molecular flexibility index (Phi) is 4.71. The largest absolute Gasteiger partial charge is 0.480 e. The number of hydrogen-bond acceptors (Lipinski definition) is 2. The number of hydrogen-bond donors (Lipinski definition) is 2. The van der Waals surface area contributed by atoms with Gasteiger partial charge in [0.05, 0.1) is 6.54 Å². The number of alkyl halides is 2. The second-order valence-electron chi connectivity index (χ2n) is 2.32. The van der Waals surface area contributed by atoms with Crippen molar-refractivity contribution < 1.29 is 23.5 Å². The minimum atomic E-state index is -2.62. The zero-order chi connectivity index (χ0) is 10.4. The van der Waals surface area contributed by atoms with E-state index in [2.05, 4.69) is 0 Å². The van der Waals surface area contributed by atoms with E-state index in [1.807, 2.05) is 5.32 Å². The lowest BCUT2D eigenvalue weighted by molar-refractivity contribution is -0.135. The summed E-state index contributed by atoms with van der Waals surface area (Å²) >= 11 is 0. The lowest BCUT2D eigenvalue weighted by Gasteiger charge is -2.16. The van der Waals surface area contributed by atoms with Crippen LogP contribution >= 0.6 is 0 Å². The van der Waals surface area contributed by atoms with Crippen molar-refractivity contribution in [2.24, 2.45) is 0 Å². The summed E-state index contributed by atoms with van der Waals surface area (Å²) in [5.74, 6) is -1.22. The number of carbonyl (C=O) groups excluding carboxylic acids is 1. The molecule has 0 aromatic carbocycles. The Bertz CT molecular complexity index is 198. The van der Waals surface area contributed by atoms with E-state index >= 15 is 0 Å². The molecule has 0 unspecified atom stereocenters. The predicted octanol–water partition coefficient (Wildman–Crippen LogP) is -0.0225. The van der Waals surface area contributed by atoms with Crippen LogP contribution < -0.4 is 5.32 Å². The lowest BCUT2D eigenvalue weighted by atomic mass is 10.6. The molecule has 13 heavy (non-hydrogen) atoms. The minimum Gasteiger partial charge on any atom is -0.480 e. The highest BCUT2D eigenvalue weighted by atomic mass is 19.3. The number of carbonyl (C=O) groups is 2. The highest BCUT2D eigenvalue weighted by molar-refractivity contribution is 5.79. The van der Waals surface area contributed by atoms with E-state index in [1.165, 1.54) is 0 Å². The number of carboxylic acids is 1. The Morgan fingerprint density at radius 3 is 2.46 bits per heavy atom. The van der Waals surface area contributed by atoms with Crippen LogP contribution in [0.15, 0.2) is 0 Å². The molecule has 0 spiro atoms. The maximum Gasteiger partial charge on any atom is 0.323 e. The van der Waals surface area contributed by atoms with E-state index < -0.39 is 31.5 Å². The molecule has 7 heteroatoms. The molecule has 0 aliphatic rings. The monoisotopic (exact) mass is 196 g/mol. The molecule has 76 valence electrons. The molecular weight excluding hydrogens is 186 g/mol. The van der Waals surface area contributed by atoms with Gasteiger partial charge in [-0.1, -0.05) is 0 Å². The lowest BCUT2D eigenvalue weighted by Crippen LogP contribution is -2.41. The molecule has 0 saturated heterocycles. The average Bonchev–Trinajstić information content (AvgIpc) is 1.98. The maximum atomic E-state index is 11.7. The first-order valence-electron chi connectivity index (χ1n) is 3.42. The van der Waals surface area contributed by atoms with E-state index in [0.717, 1.165) is 7.05 Å². The molecule has 0 aromatic heterocycles. The molecule has 0 aliphatic carbocycles. The van der Waals surface area contributed by atoms with Crippen LogP contribution in [0.2, 0.25) is 0 Å². The van der Waals surface area contributed by atoms with E-state index in [9.17, 15) is 18.4 Å². The van der Waals surface area contributed by atoms with Gasteiger partial charge in [0.15, 0.2) is 0 Å². The van der Waals surface area contributed by atoms with Gasteiger partial charge in [-0.15, -0.1) is 0 Å². The van der Waals surface area contributed by atoms with Crippen LogP contribution in [0.1, 0.15) is 0 Å². The summed E-state index contributed by atoms with van der Waals surface area (Å²) in [5.41, 5.74) is 0. The van der Waals surface area contributed by atoms with Gasteiger partial charge in [-0.3, -0.25) is 4.79 Å². The number of urea groups is 1. The van der Waals surface area contributed by atoms with Gasteiger partial charge in [-0.25, -0.2) is 13.6 Å². The second-order valence-corrected chi connectivity index (χ2v) is 2.32. The van der Waals surface area contributed by atoms with Gasteiger partial charge in [0.1, 0.15) is 6.54 Å². The van der Waals surface area contributed by atoms with Crippen LogP contribution in [0.4, 0.5) is 13.6 Å². The van der Waals surface area contributed by atoms with E-state index in [1.54, 1.807) is 0 Å². The molecule has 5 nitrogen and oxygen atoms in total. The van der Waals surface area contributed by atoms with Gasteiger partial charge in [-0.2, -0.15) is 0 Å². The van der Waals surface area contributed by atoms with Crippen molar-refractivity contribution in [3.8, 4) is 0 Å². The summed E-state index contributed by atoms with van der Waals surface area (Å²) in [6.45, 7) is -1.29. The number of nitrogens with one attached hydrogen (secondary N) is 1. The SMILES string of the molecule is CN(CC(F)F)C(=O)NCC(=O)O. The first-order chi connectivity index (χ1) is 5.93. The Balaban J connectivity index is 3.76. The van der Waals surface area contributed by atoms with E-state index in [-0.39, 0.29) is 0 Å². The number of rotatable bonds is 4. The van der Waals surface area contributed by atoms with Crippen LogP contribution in [0.3, 0.4) is 0 Å². The maximum absolute atomic E-state index is 11.7. The van der Waals surface area contributed by atoms with Crippen LogP contribution in [0, 0.1) is 0 Å². The highest BCUT2D eigenvalue weighted by Gasteiger charge is 2.13. The average molecular weight is 196 g/mol. The first-order valence-corrected chi connectivity index (χ1v) is 3.42. The number of amides is 2. The molecule has 0 aliphatic heterocycles. The number of halogens is 2. The molecular formula is C6H10F2N2O3. The van der Waals surface area contributed by atoms with Gasteiger partial charge >= 0.3 is 12.0 Å². The second kappa shape index (κ2) is 5.28. The summed E-state index contributed by atoms with van der Waals surface area (Å²) in [7, 11) is 1.16. The van der Waals surface area contributed by atoms with Crippen molar-refractivity contribution >= 4 is 12.0 Å². The summed E-state index contributed by atoms with van der Waals surface area (Å²) in [5, 5.41) is 10.1. The van der Waals surface area contributed by atoms with Gasteiger partial charge in [0.2, 0.25) is 0 Å². The molecule has 0 aromatic rings. The van der Waals surface area contributed by atoms with Crippen molar-refractivity contribution in [3.05, 3.63) is 0 Å². The fraction of sp³-hybridized carbons (Fsp3) is 0.667. The van der Waals surface area contributed by atoms with E-state index in [0.29, 0.717) is 4.90 Å². The third-order valence-electron chi connectivity index (χ3n) is 1.15. The van der Waals surface area contributed by atoms with Crippen LogP contribution in [0.5, 0.6) is 0 Å². The molecule has 0 bridgehead atoms. The highest BCUT2D eigenvalue weighted by Crippen LogP contribution is 1.95. The molecule has 0 atom stereocenters. The number of nitrogens with zero attached hydrogens (tertiary/aromatic N) is 1. The quantitative estimate of drug-likeness (QED) is 0.663. The van der Waals surface area contributed by atoms with Crippen molar-refractivity contribution in [3.63, 3.8) is 0 Å². The van der Waals surface area contributed by atoms with Gasteiger partial charge < -0.3 is 15.3 Å². The molecule has 0 fully saturated rings. The smallest absolute Gasteiger partial charge is 0.323 e. The van der Waals surface area contributed by atoms with E-state index in [4.69, 9.17) is 5.11 Å². The van der Waals surface area contributed by atoms with Crippen LogP contribution in [-0.2, 0) is 4.79 Å². The van der Waals surface area contributed by atoms with Crippen molar-refractivity contribution in [2.45, 2.75) is 6.43 Å². The normalized spacial score (nSPS) is 9.85. The third-order valence-corrected chi connectivity index (χ3v) is 1.15. The minimum absolute atomic E-state index is 0.577. The summed E-state index contributed by atoms with van der Waals surface area (Å²) in [6, 6.07) is -0.831. The molecule has 2 N–H and O–H groups in total. The predicted molar refractivity (Wildman–Crippen MR) is 39.7 cm³/mol. The Labute approximate surface area is 73.3 Å². The molecule has 0 saturated carbocycles. The fourth-order valence-electron chi connectivity index (χ4n) is 0.576. The third kappa shape index (κ3) is 5.83. The standard InChI is InChI=1S/C6H10F2N2O3/c1-10(3-4(7)8)6(13)9-2-5(11)12/h4H,2-3H2,1H3,(H,9,13)(H,11,12). The van der Waals surface area contributed by atoms with Crippen molar-refractivity contribution in [1.29, 1.82) is 0 Å². The fourth-order valence-corrected chi connectivity index (χ4v) is 0.576. The van der Waals surface area contributed by atoms with Gasteiger partial charge in [-0.05, 0) is 0 Å². The molecule has 0 heterocycles. The molecule has 0 radical (unpaired) electrons. The van der Waals surface area contributed by atoms with Crippen LogP contribution in [-0.4, -0.2) is 48.6 Å². The summed E-state index contributed by atoms with van der Waals surface area (Å²) < 4.78 is 23.4. The topological polar surface area (TPSA) is 69.6 Å². The van der Waals surface area contributed by atoms with Crippen LogP contribution in [0.25, 0.3) is 0 Å². The van der Waals surface area contributed by atoms with Crippen molar-refractivity contribution in [2.75, 3.05) is 20.1 Å². The Morgan fingerprint density at radius 2 is 2.08 bits per heavy atom. The summed E-state index contributed by atoms with van der Waals surface area (Å²) in [4.78, 5) is 21.5.